The van der Waals surface area contributed by atoms with Crippen LogP contribution < -0.4 is 5.32 Å². The second-order valence-electron chi connectivity index (χ2n) is 5.26. The third-order valence-corrected chi connectivity index (χ3v) is 4.44. The first-order valence-corrected chi connectivity index (χ1v) is 6.48. The number of benzene rings is 1. The zero-order valence-electron chi connectivity index (χ0n) is 10.0. The highest BCUT2D eigenvalue weighted by Crippen LogP contribution is 2.55. The molecule has 2 aliphatic carbocycles. The smallest absolute Gasteiger partial charge is 0.0726 e. The lowest BCUT2D eigenvalue weighted by atomic mass is 9.92. The van der Waals surface area contributed by atoms with Gasteiger partial charge in [0.2, 0.25) is 0 Å². The second kappa shape index (κ2) is 3.22. The molecule has 2 heteroatoms. The van der Waals surface area contributed by atoms with E-state index in [-0.39, 0.29) is 0 Å². The third-order valence-electron chi connectivity index (χ3n) is 4.44. The summed E-state index contributed by atoms with van der Waals surface area (Å²) in [5.41, 5.74) is 5.37. The monoisotopic (exact) mass is 224 g/mol. The molecule has 0 amide bonds. The number of nitrogens with one attached hydrogen (secondary N) is 1. The maximum absolute atomic E-state index is 4.91. The highest BCUT2D eigenvalue weighted by Gasteiger charge is 2.40. The van der Waals surface area contributed by atoms with Crippen LogP contribution in [0.25, 0.3) is 10.9 Å². The largest absolute Gasteiger partial charge is 0.387 e. The van der Waals surface area contributed by atoms with E-state index in [0.717, 1.165) is 17.4 Å². The van der Waals surface area contributed by atoms with Gasteiger partial charge in [-0.15, -0.1) is 0 Å². The minimum atomic E-state index is 0.728. The molecular formula is C15H16N2. The minimum Gasteiger partial charge on any atom is -0.387 e. The molecule has 2 atom stereocenters. The SMILES string of the molecule is CNc1c2c(nc3ccccc13)C1CCC2C1. The zero-order chi connectivity index (χ0) is 11.4. The summed E-state index contributed by atoms with van der Waals surface area (Å²) in [5, 5.41) is 4.69. The van der Waals surface area contributed by atoms with Gasteiger partial charge in [0.25, 0.3) is 0 Å². The normalized spacial score (nSPS) is 25.2. The Morgan fingerprint density at radius 3 is 2.88 bits per heavy atom. The van der Waals surface area contributed by atoms with E-state index in [1.165, 1.54) is 41.6 Å². The molecule has 17 heavy (non-hydrogen) atoms. The van der Waals surface area contributed by atoms with Gasteiger partial charge in [-0.2, -0.15) is 0 Å². The third kappa shape index (κ3) is 1.13. The lowest BCUT2D eigenvalue weighted by molar-refractivity contribution is 0.702. The van der Waals surface area contributed by atoms with Gasteiger partial charge in [0.15, 0.2) is 0 Å². The summed E-state index contributed by atoms with van der Waals surface area (Å²) in [5.74, 6) is 1.49. The Bertz CT molecular complexity index is 603. The van der Waals surface area contributed by atoms with Gasteiger partial charge in [-0.25, -0.2) is 0 Å². The summed E-state index contributed by atoms with van der Waals surface area (Å²) >= 11 is 0. The van der Waals surface area contributed by atoms with E-state index in [2.05, 4.69) is 29.6 Å². The molecule has 86 valence electrons. The van der Waals surface area contributed by atoms with E-state index in [1.54, 1.807) is 0 Å². The van der Waals surface area contributed by atoms with Crippen molar-refractivity contribution >= 4 is 16.6 Å². The van der Waals surface area contributed by atoms with E-state index in [4.69, 9.17) is 4.98 Å². The summed E-state index contributed by atoms with van der Waals surface area (Å²) in [6.45, 7) is 0. The van der Waals surface area contributed by atoms with Crippen LogP contribution in [0.2, 0.25) is 0 Å². The quantitative estimate of drug-likeness (QED) is 0.800. The Hall–Kier alpha value is -1.57. The van der Waals surface area contributed by atoms with E-state index in [9.17, 15) is 0 Å². The highest BCUT2D eigenvalue weighted by atomic mass is 14.9. The molecule has 0 saturated heterocycles. The summed E-state index contributed by atoms with van der Waals surface area (Å²) < 4.78 is 0. The Balaban J connectivity index is 2.11. The topological polar surface area (TPSA) is 24.9 Å². The molecule has 1 aromatic carbocycles. The van der Waals surface area contributed by atoms with Crippen LogP contribution in [0.3, 0.4) is 0 Å². The van der Waals surface area contributed by atoms with Crippen molar-refractivity contribution in [1.29, 1.82) is 0 Å². The lowest BCUT2D eigenvalue weighted by Gasteiger charge is -2.20. The van der Waals surface area contributed by atoms with Crippen LogP contribution in [0, 0.1) is 0 Å². The molecule has 2 aliphatic rings. The molecule has 1 fully saturated rings. The molecule has 0 radical (unpaired) electrons. The van der Waals surface area contributed by atoms with Crippen LogP contribution in [0.4, 0.5) is 5.69 Å². The minimum absolute atomic E-state index is 0.728. The first-order valence-electron chi connectivity index (χ1n) is 6.48. The molecule has 1 saturated carbocycles. The summed E-state index contributed by atoms with van der Waals surface area (Å²) in [7, 11) is 2.04. The van der Waals surface area contributed by atoms with Gasteiger partial charge in [0.1, 0.15) is 0 Å². The van der Waals surface area contributed by atoms with Crippen molar-refractivity contribution in [3.05, 3.63) is 35.5 Å². The predicted molar refractivity (Wildman–Crippen MR) is 70.6 cm³/mol. The Morgan fingerprint density at radius 1 is 1.18 bits per heavy atom. The molecule has 2 unspecified atom stereocenters. The molecule has 1 heterocycles. The number of hydrogen-bond acceptors (Lipinski definition) is 2. The van der Waals surface area contributed by atoms with Gasteiger partial charge in [0, 0.05) is 35.3 Å². The molecule has 4 rings (SSSR count). The average molecular weight is 224 g/mol. The number of para-hydroxylation sites is 1. The van der Waals surface area contributed by atoms with E-state index < -0.39 is 0 Å². The predicted octanol–water partition coefficient (Wildman–Crippen LogP) is 3.64. The first kappa shape index (κ1) is 9.46. The Kier molecular flexibility index (Phi) is 1.79. The zero-order valence-corrected chi connectivity index (χ0v) is 10.0. The van der Waals surface area contributed by atoms with Gasteiger partial charge in [-0.05, 0) is 31.2 Å². The Labute approximate surface area is 101 Å². The molecule has 2 aromatic rings. The lowest BCUT2D eigenvalue weighted by Crippen LogP contribution is -2.06. The van der Waals surface area contributed by atoms with Crippen molar-refractivity contribution in [1.82, 2.24) is 4.98 Å². The van der Waals surface area contributed by atoms with Gasteiger partial charge < -0.3 is 5.32 Å². The highest BCUT2D eigenvalue weighted by molar-refractivity contribution is 5.94. The maximum Gasteiger partial charge on any atom is 0.0726 e. The fourth-order valence-electron chi connectivity index (χ4n) is 3.73. The standard InChI is InChI=1S/C15H16N2/c1-16-15-11-4-2-3-5-12(11)17-14-10-7-6-9(8-10)13(14)15/h2-5,9-10H,6-8H2,1H3,(H,16,17). The number of fused-ring (bicyclic) bond motifs is 6. The van der Waals surface area contributed by atoms with Gasteiger partial charge in [-0.1, -0.05) is 18.2 Å². The number of rotatable bonds is 1. The number of hydrogen-bond donors (Lipinski definition) is 1. The van der Waals surface area contributed by atoms with Crippen LogP contribution in [-0.4, -0.2) is 12.0 Å². The van der Waals surface area contributed by atoms with Gasteiger partial charge in [-0.3, -0.25) is 4.98 Å². The molecule has 1 N–H and O–H groups in total. The van der Waals surface area contributed by atoms with Crippen molar-refractivity contribution in [2.75, 3.05) is 12.4 Å². The molecule has 1 aromatic heterocycles. The number of pyridine rings is 1. The number of anilines is 1. The molecular weight excluding hydrogens is 208 g/mol. The van der Waals surface area contributed by atoms with E-state index in [0.29, 0.717) is 0 Å². The van der Waals surface area contributed by atoms with Crippen molar-refractivity contribution < 1.29 is 0 Å². The fraction of sp³-hybridized carbons (Fsp3) is 0.400. The summed E-state index contributed by atoms with van der Waals surface area (Å²) in [6, 6.07) is 8.49. The van der Waals surface area contributed by atoms with Gasteiger partial charge in [0.05, 0.1) is 5.52 Å². The Morgan fingerprint density at radius 2 is 2.00 bits per heavy atom. The van der Waals surface area contributed by atoms with Crippen LogP contribution >= 0.6 is 0 Å². The van der Waals surface area contributed by atoms with Gasteiger partial charge >= 0.3 is 0 Å². The first-order chi connectivity index (χ1) is 8.38. The van der Waals surface area contributed by atoms with Crippen LogP contribution in [0.1, 0.15) is 42.4 Å². The van der Waals surface area contributed by atoms with E-state index in [1.807, 2.05) is 7.05 Å². The second-order valence-corrected chi connectivity index (χ2v) is 5.26. The van der Waals surface area contributed by atoms with Crippen molar-refractivity contribution in [2.45, 2.75) is 31.1 Å². The van der Waals surface area contributed by atoms with Crippen molar-refractivity contribution in [3.8, 4) is 0 Å². The van der Waals surface area contributed by atoms with Crippen LogP contribution in [-0.2, 0) is 0 Å². The van der Waals surface area contributed by atoms with Crippen LogP contribution in [0.5, 0.6) is 0 Å². The molecule has 2 nitrogen and oxygen atoms in total. The summed E-state index contributed by atoms with van der Waals surface area (Å²) in [6.07, 6.45) is 4.02. The number of aromatic nitrogens is 1. The maximum atomic E-state index is 4.91. The van der Waals surface area contributed by atoms with E-state index >= 15 is 0 Å². The number of nitrogens with zero attached hydrogens (tertiary/aromatic N) is 1. The van der Waals surface area contributed by atoms with Crippen LogP contribution in [0.15, 0.2) is 24.3 Å². The average Bonchev–Trinajstić information content (AvgIpc) is 2.97. The fourth-order valence-corrected chi connectivity index (χ4v) is 3.73. The molecule has 0 aliphatic heterocycles. The van der Waals surface area contributed by atoms with Crippen molar-refractivity contribution in [3.63, 3.8) is 0 Å². The van der Waals surface area contributed by atoms with Crippen molar-refractivity contribution in [2.24, 2.45) is 0 Å². The summed E-state index contributed by atoms with van der Waals surface area (Å²) in [4.78, 5) is 4.91. The molecule has 2 bridgehead atoms. The molecule has 0 spiro atoms.